The number of carbonyl (C=O) groups is 1. The first-order valence-electron chi connectivity index (χ1n) is 9.77. The van der Waals surface area contributed by atoms with Gasteiger partial charge in [-0.2, -0.15) is 8.78 Å². The van der Waals surface area contributed by atoms with E-state index in [1.807, 2.05) is 0 Å². The normalized spacial score (nSPS) is 11.4. The molecule has 0 saturated heterocycles. The second-order valence-electron chi connectivity index (χ2n) is 7.11. The van der Waals surface area contributed by atoms with Crippen LogP contribution in [0.5, 0.6) is 5.75 Å². The van der Waals surface area contributed by atoms with E-state index in [0.29, 0.717) is 22.0 Å². The minimum Gasteiger partial charge on any atom is -0.494 e. The van der Waals surface area contributed by atoms with Gasteiger partial charge in [0.25, 0.3) is 5.91 Å². The topological polar surface area (TPSA) is 103 Å². The highest BCUT2D eigenvalue weighted by Gasteiger charge is 2.36. The number of nitrogens with one attached hydrogen (secondary N) is 1. The third-order valence-corrected chi connectivity index (χ3v) is 4.93. The predicted octanol–water partition coefficient (Wildman–Crippen LogP) is 4.04. The third-order valence-electron chi connectivity index (χ3n) is 4.93. The average Bonchev–Trinajstić information content (AvgIpc) is 2.82. The molecule has 10 heteroatoms. The zero-order chi connectivity index (χ0) is 23.6. The number of hydrogen-bond donors (Lipinski definition) is 2. The maximum absolute atomic E-state index is 14.4. The molecule has 0 saturated carbocycles. The van der Waals surface area contributed by atoms with Crippen LogP contribution in [0.15, 0.2) is 60.9 Å². The lowest BCUT2D eigenvalue weighted by atomic mass is 10.0. The number of rotatable bonds is 7. The number of aromatic nitrogens is 3. The number of hydrogen-bond acceptors (Lipinski definition) is 6. The lowest BCUT2D eigenvalue weighted by Gasteiger charge is -2.17. The number of benzene rings is 2. The Kier molecular flexibility index (Phi) is 5.82. The molecule has 0 bridgehead atoms. The molecule has 0 fully saturated rings. The number of amides is 1. The summed E-state index contributed by atoms with van der Waals surface area (Å²) in [5, 5.41) is 2.78. The number of fused-ring (bicyclic) bond motifs is 1. The van der Waals surface area contributed by atoms with E-state index in [2.05, 4.69) is 20.3 Å². The van der Waals surface area contributed by atoms with Crippen molar-refractivity contribution in [3.8, 4) is 28.3 Å². The maximum atomic E-state index is 14.4. The monoisotopic (exact) mass is 453 g/mol. The van der Waals surface area contributed by atoms with E-state index < -0.39 is 24.2 Å². The van der Waals surface area contributed by atoms with Crippen LogP contribution in [0.3, 0.4) is 0 Å². The summed E-state index contributed by atoms with van der Waals surface area (Å²) in [5.41, 5.74) is 6.34. The number of primary amides is 1. The molecule has 168 valence electrons. The van der Waals surface area contributed by atoms with Crippen LogP contribution in [0.1, 0.15) is 0 Å². The fourth-order valence-electron chi connectivity index (χ4n) is 3.25. The maximum Gasteiger partial charge on any atom is 0.341 e. The Morgan fingerprint density at radius 1 is 1.12 bits per heavy atom. The van der Waals surface area contributed by atoms with E-state index >= 15 is 0 Å². The first kappa shape index (κ1) is 22.0. The highest BCUT2D eigenvalue weighted by Crippen LogP contribution is 2.36. The van der Waals surface area contributed by atoms with Crippen molar-refractivity contribution < 1.29 is 22.7 Å². The number of nitrogens with zero attached hydrogens (tertiary/aromatic N) is 3. The highest BCUT2D eigenvalue weighted by atomic mass is 19.3. The number of pyridine rings is 1. The minimum absolute atomic E-state index is 0.00346. The number of halogens is 3. The minimum atomic E-state index is -3.82. The van der Waals surface area contributed by atoms with E-state index in [1.54, 1.807) is 48.7 Å². The Hall–Kier alpha value is -4.21. The van der Waals surface area contributed by atoms with E-state index in [1.165, 1.54) is 19.4 Å². The van der Waals surface area contributed by atoms with Crippen LogP contribution < -0.4 is 15.8 Å². The van der Waals surface area contributed by atoms with Gasteiger partial charge in [0.1, 0.15) is 22.9 Å². The first-order valence-corrected chi connectivity index (χ1v) is 9.77. The van der Waals surface area contributed by atoms with Crippen molar-refractivity contribution in [1.29, 1.82) is 0 Å². The molecule has 0 spiro atoms. The van der Waals surface area contributed by atoms with Crippen molar-refractivity contribution in [2.75, 3.05) is 19.0 Å². The quantitative estimate of drug-likeness (QED) is 0.438. The summed E-state index contributed by atoms with van der Waals surface area (Å²) >= 11 is 0. The highest BCUT2D eigenvalue weighted by molar-refractivity contribution is 5.98. The molecule has 2 heterocycles. The smallest absolute Gasteiger partial charge is 0.341 e. The Labute approximate surface area is 186 Å². The van der Waals surface area contributed by atoms with E-state index in [4.69, 9.17) is 10.5 Å². The molecule has 0 atom stereocenters. The third kappa shape index (κ3) is 4.40. The molecular weight excluding hydrogens is 435 g/mol. The molecule has 7 nitrogen and oxygen atoms in total. The second-order valence-corrected chi connectivity index (χ2v) is 7.11. The molecule has 0 aliphatic rings. The molecule has 0 unspecified atom stereocenters. The molecule has 33 heavy (non-hydrogen) atoms. The van der Waals surface area contributed by atoms with Gasteiger partial charge in [-0.05, 0) is 35.9 Å². The van der Waals surface area contributed by atoms with Crippen LogP contribution in [-0.4, -0.2) is 40.4 Å². The van der Waals surface area contributed by atoms with Gasteiger partial charge in [0, 0.05) is 28.9 Å². The van der Waals surface area contributed by atoms with E-state index in [-0.39, 0.29) is 23.0 Å². The molecule has 1 amide bonds. The molecule has 4 aromatic rings. The number of ether oxygens (including phenoxy) is 1. The van der Waals surface area contributed by atoms with E-state index in [0.717, 1.165) is 0 Å². The zero-order valence-electron chi connectivity index (χ0n) is 17.3. The molecule has 0 aliphatic carbocycles. The van der Waals surface area contributed by atoms with Gasteiger partial charge in [0.15, 0.2) is 5.82 Å². The van der Waals surface area contributed by atoms with Crippen molar-refractivity contribution in [2.24, 2.45) is 5.73 Å². The SMILES string of the molecule is COc1cc(-c2ccccc2F)cc2c(NCC(F)(F)C(N)=O)nc(-c3cccnc3)nc12. The van der Waals surface area contributed by atoms with Crippen LogP contribution in [0.2, 0.25) is 0 Å². The van der Waals surface area contributed by atoms with Gasteiger partial charge in [-0.25, -0.2) is 14.4 Å². The number of nitrogens with two attached hydrogens (primary N) is 1. The number of carbonyl (C=O) groups excluding carboxylic acids is 1. The number of alkyl halides is 2. The van der Waals surface area contributed by atoms with Crippen molar-refractivity contribution in [2.45, 2.75) is 5.92 Å². The van der Waals surface area contributed by atoms with Gasteiger partial charge in [-0.3, -0.25) is 9.78 Å². The Morgan fingerprint density at radius 2 is 1.91 bits per heavy atom. The van der Waals surface area contributed by atoms with Gasteiger partial charge in [0.05, 0.1) is 13.7 Å². The number of methoxy groups -OCH3 is 1. The van der Waals surface area contributed by atoms with Gasteiger partial charge < -0.3 is 15.8 Å². The average molecular weight is 453 g/mol. The fraction of sp³-hybridized carbons (Fsp3) is 0.130. The summed E-state index contributed by atoms with van der Waals surface area (Å²) in [4.78, 5) is 24.0. The molecule has 0 radical (unpaired) electrons. The van der Waals surface area contributed by atoms with Gasteiger partial charge >= 0.3 is 5.92 Å². The van der Waals surface area contributed by atoms with Gasteiger partial charge in [-0.1, -0.05) is 18.2 Å². The van der Waals surface area contributed by atoms with Gasteiger partial charge in [-0.15, -0.1) is 0 Å². The second kappa shape index (κ2) is 8.73. The summed E-state index contributed by atoms with van der Waals surface area (Å²) in [6.45, 7) is -1.09. The molecular formula is C23H18F3N5O2. The van der Waals surface area contributed by atoms with Gasteiger partial charge in [0.2, 0.25) is 0 Å². The first-order chi connectivity index (χ1) is 15.8. The Bertz CT molecular complexity index is 1330. The van der Waals surface area contributed by atoms with Crippen LogP contribution in [-0.2, 0) is 4.79 Å². The molecule has 2 aromatic carbocycles. The molecule has 3 N–H and O–H groups in total. The largest absolute Gasteiger partial charge is 0.494 e. The van der Waals surface area contributed by atoms with Crippen LogP contribution >= 0.6 is 0 Å². The van der Waals surface area contributed by atoms with Crippen molar-refractivity contribution in [3.05, 3.63) is 66.7 Å². The van der Waals surface area contributed by atoms with Crippen LogP contribution in [0.4, 0.5) is 19.0 Å². The summed E-state index contributed by atoms with van der Waals surface area (Å²) < 4.78 is 47.8. The summed E-state index contributed by atoms with van der Waals surface area (Å²) in [7, 11) is 1.42. The summed E-state index contributed by atoms with van der Waals surface area (Å²) in [6.07, 6.45) is 3.08. The van der Waals surface area contributed by atoms with Crippen molar-refractivity contribution in [3.63, 3.8) is 0 Å². The molecule has 0 aliphatic heterocycles. The van der Waals surface area contributed by atoms with E-state index in [9.17, 15) is 18.0 Å². The van der Waals surface area contributed by atoms with Crippen LogP contribution in [0.25, 0.3) is 33.4 Å². The van der Waals surface area contributed by atoms with Crippen molar-refractivity contribution in [1.82, 2.24) is 15.0 Å². The molecule has 2 aromatic heterocycles. The Morgan fingerprint density at radius 3 is 2.58 bits per heavy atom. The summed E-state index contributed by atoms with van der Waals surface area (Å²) in [6, 6.07) is 12.7. The van der Waals surface area contributed by atoms with Crippen molar-refractivity contribution >= 4 is 22.6 Å². The number of anilines is 1. The fourth-order valence-corrected chi connectivity index (χ4v) is 3.25. The summed E-state index contributed by atoms with van der Waals surface area (Å²) in [5.74, 6) is -5.59. The molecule has 4 rings (SSSR count). The zero-order valence-corrected chi connectivity index (χ0v) is 17.3. The standard InChI is InChI=1S/C23H18F3N5O2/c1-33-18-10-14(15-6-2-3-7-17(15)24)9-16-19(18)30-20(13-5-4-8-28-11-13)31-21(16)29-12-23(25,26)22(27)32/h2-11H,12H2,1H3,(H2,27,32)(H,29,30,31). The Balaban J connectivity index is 1.94. The lowest BCUT2D eigenvalue weighted by Crippen LogP contribution is -2.41. The lowest BCUT2D eigenvalue weighted by molar-refractivity contribution is -0.139. The van der Waals surface area contributed by atoms with Crippen LogP contribution in [0, 0.1) is 5.82 Å². The predicted molar refractivity (Wildman–Crippen MR) is 117 cm³/mol.